The maximum Gasteiger partial charge on any atom is 0.220 e. The monoisotopic (exact) mass is 395 g/mol. The first-order valence-corrected chi connectivity index (χ1v) is 11.1. The predicted octanol–water partition coefficient (Wildman–Crippen LogP) is 1.59. The third-order valence-corrected chi connectivity index (χ3v) is 5.51. The molecule has 28 heavy (non-hydrogen) atoms. The highest BCUT2D eigenvalue weighted by Gasteiger charge is 2.21. The molecule has 7 heteroatoms. The van der Waals surface area contributed by atoms with Gasteiger partial charge in [0.25, 0.3) is 0 Å². The predicted molar refractivity (Wildman–Crippen MR) is 115 cm³/mol. The number of ether oxygens (including phenoxy) is 1. The molecule has 162 valence electrons. The van der Waals surface area contributed by atoms with Gasteiger partial charge in [-0.15, -0.1) is 0 Å². The molecule has 3 N–H and O–H groups in total. The highest BCUT2D eigenvalue weighted by atomic mass is 16.5. The highest BCUT2D eigenvalue weighted by Crippen LogP contribution is 2.25. The zero-order valence-electron chi connectivity index (χ0n) is 18.1. The van der Waals surface area contributed by atoms with E-state index >= 15 is 0 Å². The molecule has 2 rings (SSSR count). The summed E-state index contributed by atoms with van der Waals surface area (Å²) in [7, 11) is 1.77. The molecule has 1 saturated carbocycles. The molecule has 1 atom stereocenters. The molecule has 7 nitrogen and oxygen atoms in total. The first kappa shape index (κ1) is 22.9. The first-order valence-electron chi connectivity index (χ1n) is 11.1. The Bertz CT molecular complexity index is 477. The molecule has 0 radical (unpaired) electrons. The number of aliphatic imine (C=N–C) groups is 1. The van der Waals surface area contributed by atoms with Crippen LogP contribution >= 0.6 is 0 Å². The van der Waals surface area contributed by atoms with Gasteiger partial charge in [-0.1, -0.05) is 33.1 Å². The van der Waals surface area contributed by atoms with Crippen LogP contribution in [0.1, 0.15) is 52.4 Å². The second kappa shape index (κ2) is 13.0. The summed E-state index contributed by atoms with van der Waals surface area (Å²) >= 11 is 0. The summed E-state index contributed by atoms with van der Waals surface area (Å²) in [6, 6.07) is 0. The smallest absolute Gasteiger partial charge is 0.220 e. The Kier molecular flexibility index (Phi) is 10.6. The summed E-state index contributed by atoms with van der Waals surface area (Å²) in [5, 5.41) is 9.63. The molecule has 0 bridgehead atoms. The van der Waals surface area contributed by atoms with E-state index < -0.39 is 0 Å². The van der Waals surface area contributed by atoms with Gasteiger partial charge < -0.3 is 20.7 Å². The van der Waals surface area contributed by atoms with Crippen molar-refractivity contribution in [2.75, 3.05) is 52.9 Å². The van der Waals surface area contributed by atoms with Gasteiger partial charge >= 0.3 is 0 Å². The second-order valence-corrected chi connectivity index (χ2v) is 8.58. The lowest BCUT2D eigenvalue weighted by molar-refractivity contribution is -0.122. The molecular formula is C21H41N5O2. The van der Waals surface area contributed by atoms with Crippen molar-refractivity contribution in [3.8, 4) is 0 Å². The van der Waals surface area contributed by atoms with E-state index in [9.17, 15) is 4.79 Å². The van der Waals surface area contributed by atoms with Crippen LogP contribution in [-0.4, -0.2) is 75.8 Å². The number of guanidine groups is 1. The third-order valence-electron chi connectivity index (χ3n) is 5.51. The van der Waals surface area contributed by atoms with Crippen LogP contribution < -0.4 is 16.0 Å². The number of morpholine rings is 1. The van der Waals surface area contributed by atoms with Crippen molar-refractivity contribution in [2.24, 2.45) is 16.8 Å². The lowest BCUT2D eigenvalue weighted by atomic mass is 9.87. The number of hydrogen-bond donors (Lipinski definition) is 3. The zero-order chi connectivity index (χ0) is 20.2. The van der Waals surface area contributed by atoms with Crippen molar-refractivity contribution >= 4 is 11.9 Å². The number of amides is 1. The SMILES string of the molecule is CN=C(NCCNC(=O)CC1CCCCC1)NCC1CN(CC(C)C)CCO1. The fourth-order valence-electron chi connectivity index (χ4n) is 4.13. The van der Waals surface area contributed by atoms with Gasteiger partial charge in [0.05, 0.1) is 12.7 Å². The maximum absolute atomic E-state index is 12.1. The van der Waals surface area contributed by atoms with Gasteiger partial charge in [-0.05, 0) is 24.7 Å². The highest BCUT2D eigenvalue weighted by molar-refractivity contribution is 5.80. The lowest BCUT2D eigenvalue weighted by Gasteiger charge is -2.34. The van der Waals surface area contributed by atoms with Gasteiger partial charge in [-0.2, -0.15) is 0 Å². The van der Waals surface area contributed by atoms with Crippen LogP contribution in [0.5, 0.6) is 0 Å². The molecule has 0 spiro atoms. The topological polar surface area (TPSA) is 78.0 Å². The largest absolute Gasteiger partial charge is 0.374 e. The minimum absolute atomic E-state index is 0.178. The molecule has 0 aromatic carbocycles. The van der Waals surface area contributed by atoms with Crippen molar-refractivity contribution in [3.05, 3.63) is 0 Å². The Morgan fingerprint density at radius 2 is 1.89 bits per heavy atom. The van der Waals surface area contributed by atoms with Crippen LogP contribution in [0.15, 0.2) is 4.99 Å². The number of carbonyl (C=O) groups is 1. The van der Waals surface area contributed by atoms with Crippen molar-refractivity contribution in [2.45, 2.75) is 58.5 Å². The van der Waals surface area contributed by atoms with Crippen molar-refractivity contribution in [1.29, 1.82) is 0 Å². The van der Waals surface area contributed by atoms with Crippen molar-refractivity contribution < 1.29 is 9.53 Å². The Labute approximate surface area is 171 Å². The molecule has 1 unspecified atom stereocenters. The van der Waals surface area contributed by atoms with Crippen LogP contribution in [0.2, 0.25) is 0 Å². The molecule has 0 aromatic heterocycles. The summed E-state index contributed by atoms with van der Waals surface area (Å²) in [6.07, 6.45) is 7.17. The maximum atomic E-state index is 12.1. The average molecular weight is 396 g/mol. The molecule has 0 aromatic rings. The lowest BCUT2D eigenvalue weighted by Crippen LogP contribution is -2.50. The van der Waals surface area contributed by atoms with E-state index in [1.165, 1.54) is 32.1 Å². The minimum atomic E-state index is 0.178. The zero-order valence-corrected chi connectivity index (χ0v) is 18.1. The molecule has 1 saturated heterocycles. The quantitative estimate of drug-likeness (QED) is 0.314. The van der Waals surface area contributed by atoms with Crippen LogP contribution in [0, 0.1) is 11.8 Å². The van der Waals surface area contributed by atoms with Crippen LogP contribution in [0.4, 0.5) is 0 Å². The molecule has 2 fully saturated rings. The van der Waals surface area contributed by atoms with Crippen molar-refractivity contribution in [1.82, 2.24) is 20.9 Å². The number of hydrogen-bond acceptors (Lipinski definition) is 4. The molecule has 2 aliphatic rings. The minimum Gasteiger partial charge on any atom is -0.374 e. The Morgan fingerprint density at radius 1 is 1.14 bits per heavy atom. The van der Waals surface area contributed by atoms with E-state index in [2.05, 4.69) is 39.7 Å². The molecule has 1 aliphatic heterocycles. The van der Waals surface area contributed by atoms with E-state index in [-0.39, 0.29) is 12.0 Å². The summed E-state index contributed by atoms with van der Waals surface area (Å²) in [5.74, 6) is 2.19. The fraction of sp³-hybridized carbons (Fsp3) is 0.905. The number of nitrogens with zero attached hydrogens (tertiary/aromatic N) is 2. The van der Waals surface area contributed by atoms with Gasteiger partial charge in [-0.25, -0.2) is 0 Å². The molecular weight excluding hydrogens is 354 g/mol. The molecule has 1 aliphatic carbocycles. The van der Waals surface area contributed by atoms with E-state index in [0.717, 1.165) is 38.7 Å². The van der Waals surface area contributed by atoms with Crippen LogP contribution in [-0.2, 0) is 9.53 Å². The summed E-state index contributed by atoms with van der Waals surface area (Å²) in [6.45, 7) is 10.4. The Hall–Kier alpha value is -1.34. The normalized spacial score (nSPS) is 22.3. The third kappa shape index (κ3) is 9.24. The van der Waals surface area contributed by atoms with Crippen molar-refractivity contribution in [3.63, 3.8) is 0 Å². The fourth-order valence-corrected chi connectivity index (χ4v) is 4.13. The van der Waals surface area contributed by atoms with Gasteiger partial charge in [-0.3, -0.25) is 14.7 Å². The van der Waals surface area contributed by atoms with Crippen LogP contribution in [0.3, 0.4) is 0 Å². The Balaban J connectivity index is 1.56. The first-order chi connectivity index (χ1) is 13.6. The summed E-state index contributed by atoms with van der Waals surface area (Å²) in [5.41, 5.74) is 0. The standard InChI is InChI=1S/C21H41N5O2/c1-17(2)15-26-11-12-28-19(16-26)14-25-21(22-3)24-10-9-23-20(27)13-18-7-5-4-6-8-18/h17-19H,4-16H2,1-3H3,(H,23,27)(H2,22,24,25). The van der Waals surface area contributed by atoms with E-state index in [1.54, 1.807) is 7.05 Å². The van der Waals surface area contributed by atoms with Gasteiger partial charge in [0, 0.05) is 52.7 Å². The van der Waals surface area contributed by atoms with E-state index in [4.69, 9.17) is 4.74 Å². The summed E-state index contributed by atoms with van der Waals surface area (Å²) in [4.78, 5) is 18.8. The van der Waals surface area contributed by atoms with Gasteiger partial charge in [0.2, 0.25) is 5.91 Å². The van der Waals surface area contributed by atoms with Gasteiger partial charge in [0.1, 0.15) is 0 Å². The molecule has 1 heterocycles. The number of carbonyl (C=O) groups excluding carboxylic acids is 1. The van der Waals surface area contributed by atoms with Crippen LogP contribution in [0.25, 0.3) is 0 Å². The van der Waals surface area contributed by atoms with E-state index in [0.29, 0.717) is 31.3 Å². The molecule has 1 amide bonds. The Morgan fingerprint density at radius 3 is 2.61 bits per heavy atom. The van der Waals surface area contributed by atoms with Gasteiger partial charge in [0.15, 0.2) is 5.96 Å². The number of rotatable bonds is 9. The average Bonchev–Trinajstić information content (AvgIpc) is 2.68. The summed E-state index contributed by atoms with van der Waals surface area (Å²) < 4.78 is 5.87. The van der Waals surface area contributed by atoms with E-state index in [1.807, 2.05) is 0 Å². The second-order valence-electron chi connectivity index (χ2n) is 8.58. The number of nitrogens with one attached hydrogen (secondary N) is 3.